The molecule has 1 heterocycles. The van der Waals surface area contributed by atoms with Crippen molar-refractivity contribution in [3.63, 3.8) is 0 Å². The lowest BCUT2D eigenvalue weighted by molar-refractivity contribution is -0.150. The summed E-state index contributed by atoms with van der Waals surface area (Å²) in [6, 6.07) is 0. The second kappa shape index (κ2) is 6.57. The SMILES string of the molecule is CCOC1CCN(C(=O)C2CC(C)CC2C(=O)O)CC1. The molecule has 5 nitrogen and oxygen atoms in total. The summed E-state index contributed by atoms with van der Waals surface area (Å²) in [6.45, 7) is 6.11. The summed E-state index contributed by atoms with van der Waals surface area (Å²) in [5.41, 5.74) is 0. The van der Waals surface area contributed by atoms with E-state index in [1.54, 1.807) is 0 Å². The molecule has 0 aromatic carbocycles. The van der Waals surface area contributed by atoms with E-state index in [9.17, 15) is 14.7 Å². The smallest absolute Gasteiger partial charge is 0.307 e. The van der Waals surface area contributed by atoms with Crippen LogP contribution in [0.1, 0.15) is 39.5 Å². The van der Waals surface area contributed by atoms with Gasteiger partial charge in [0.2, 0.25) is 5.91 Å². The molecule has 1 aliphatic heterocycles. The Balaban J connectivity index is 1.93. The van der Waals surface area contributed by atoms with Gasteiger partial charge in [-0.05, 0) is 38.5 Å². The van der Waals surface area contributed by atoms with Gasteiger partial charge in [0.1, 0.15) is 0 Å². The quantitative estimate of drug-likeness (QED) is 0.853. The predicted molar refractivity (Wildman–Crippen MR) is 74.2 cm³/mol. The van der Waals surface area contributed by atoms with E-state index in [4.69, 9.17) is 4.74 Å². The molecule has 0 radical (unpaired) electrons. The van der Waals surface area contributed by atoms with Gasteiger partial charge < -0.3 is 14.7 Å². The highest BCUT2D eigenvalue weighted by atomic mass is 16.5. The van der Waals surface area contributed by atoms with Gasteiger partial charge in [-0.15, -0.1) is 0 Å². The van der Waals surface area contributed by atoms with Crippen LogP contribution in [0, 0.1) is 17.8 Å². The second-order valence-electron chi connectivity index (χ2n) is 6.11. The van der Waals surface area contributed by atoms with Crippen LogP contribution in [-0.2, 0) is 14.3 Å². The number of hydrogen-bond donors (Lipinski definition) is 1. The van der Waals surface area contributed by atoms with E-state index in [1.165, 1.54) is 0 Å². The number of amides is 1. The van der Waals surface area contributed by atoms with Crippen LogP contribution in [0.3, 0.4) is 0 Å². The minimum Gasteiger partial charge on any atom is -0.481 e. The summed E-state index contributed by atoms with van der Waals surface area (Å²) in [5, 5.41) is 9.27. The Morgan fingerprint density at radius 2 is 1.80 bits per heavy atom. The molecule has 114 valence electrons. The first-order valence-corrected chi connectivity index (χ1v) is 7.66. The Labute approximate surface area is 120 Å². The number of nitrogens with zero attached hydrogens (tertiary/aromatic N) is 1. The van der Waals surface area contributed by atoms with E-state index in [-0.39, 0.29) is 17.9 Å². The van der Waals surface area contributed by atoms with E-state index < -0.39 is 11.9 Å². The molecule has 3 atom stereocenters. The number of rotatable bonds is 4. The Bertz CT molecular complexity index is 363. The fraction of sp³-hybridized carbons (Fsp3) is 0.867. The first-order valence-electron chi connectivity index (χ1n) is 7.66. The Morgan fingerprint density at radius 3 is 2.35 bits per heavy atom. The van der Waals surface area contributed by atoms with Crippen LogP contribution >= 0.6 is 0 Å². The van der Waals surface area contributed by atoms with Gasteiger partial charge >= 0.3 is 5.97 Å². The molecule has 1 N–H and O–H groups in total. The summed E-state index contributed by atoms with van der Waals surface area (Å²) in [5.74, 6) is -1.28. The van der Waals surface area contributed by atoms with Gasteiger partial charge in [0.15, 0.2) is 0 Å². The standard InChI is InChI=1S/C15H25NO4/c1-3-20-11-4-6-16(7-5-11)14(17)12-8-10(2)9-13(12)15(18)19/h10-13H,3-9H2,1-2H3,(H,18,19). The number of carboxylic acid groups (broad SMARTS) is 1. The molecular weight excluding hydrogens is 258 g/mol. The Kier molecular flexibility index (Phi) is 5.02. The maximum atomic E-state index is 12.5. The number of likely N-dealkylation sites (tertiary alicyclic amines) is 1. The molecule has 20 heavy (non-hydrogen) atoms. The zero-order valence-corrected chi connectivity index (χ0v) is 12.4. The van der Waals surface area contributed by atoms with E-state index in [0.717, 1.165) is 12.8 Å². The molecule has 0 aromatic heterocycles. The van der Waals surface area contributed by atoms with Crippen molar-refractivity contribution in [3.8, 4) is 0 Å². The Hall–Kier alpha value is -1.10. The predicted octanol–water partition coefficient (Wildman–Crippen LogP) is 1.76. The second-order valence-corrected chi connectivity index (χ2v) is 6.11. The molecule has 2 fully saturated rings. The first kappa shape index (κ1) is 15.3. The third-order valence-electron chi connectivity index (χ3n) is 4.59. The van der Waals surface area contributed by atoms with Crippen molar-refractivity contribution in [1.29, 1.82) is 0 Å². The van der Waals surface area contributed by atoms with Crippen LogP contribution in [0.15, 0.2) is 0 Å². The average molecular weight is 283 g/mol. The number of hydrogen-bond acceptors (Lipinski definition) is 3. The largest absolute Gasteiger partial charge is 0.481 e. The monoisotopic (exact) mass is 283 g/mol. The first-order chi connectivity index (χ1) is 9.52. The van der Waals surface area contributed by atoms with Crippen molar-refractivity contribution in [2.45, 2.75) is 45.6 Å². The van der Waals surface area contributed by atoms with Crippen molar-refractivity contribution < 1.29 is 19.4 Å². The molecule has 1 saturated carbocycles. The highest BCUT2D eigenvalue weighted by Gasteiger charge is 2.43. The van der Waals surface area contributed by atoms with Crippen molar-refractivity contribution in [3.05, 3.63) is 0 Å². The van der Waals surface area contributed by atoms with Crippen LogP contribution in [0.4, 0.5) is 0 Å². The number of aliphatic carboxylic acids is 1. The van der Waals surface area contributed by atoms with Crippen LogP contribution in [0.5, 0.6) is 0 Å². The molecule has 1 aliphatic carbocycles. The minimum atomic E-state index is -0.822. The lowest BCUT2D eigenvalue weighted by Gasteiger charge is -2.34. The van der Waals surface area contributed by atoms with Crippen LogP contribution in [-0.4, -0.2) is 47.7 Å². The molecule has 1 amide bonds. The highest BCUT2D eigenvalue weighted by Crippen LogP contribution is 2.38. The van der Waals surface area contributed by atoms with Crippen molar-refractivity contribution in [1.82, 2.24) is 4.90 Å². The molecule has 0 spiro atoms. The topological polar surface area (TPSA) is 66.8 Å². The van der Waals surface area contributed by atoms with Crippen molar-refractivity contribution >= 4 is 11.9 Å². The summed E-state index contributed by atoms with van der Waals surface area (Å²) < 4.78 is 5.58. The zero-order valence-electron chi connectivity index (χ0n) is 12.4. The van der Waals surface area contributed by atoms with Gasteiger partial charge in [0.25, 0.3) is 0 Å². The number of piperidine rings is 1. The Morgan fingerprint density at radius 1 is 1.20 bits per heavy atom. The fourth-order valence-corrected chi connectivity index (χ4v) is 3.55. The van der Waals surface area contributed by atoms with Gasteiger partial charge in [0, 0.05) is 19.7 Å². The number of ether oxygens (including phenoxy) is 1. The lowest BCUT2D eigenvalue weighted by Crippen LogP contribution is -2.45. The van der Waals surface area contributed by atoms with Gasteiger partial charge in [-0.25, -0.2) is 0 Å². The molecule has 3 unspecified atom stereocenters. The lowest BCUT2D eigenvalue weighted by atomic mass is 9.93. The maximum Gasteiger partial charge on any atom is 0.307 e. The highest BCUT2D eigenvalue weighted by molar-refractivity contribution is 5.85. The van der Waals surface area contributed by atoms with Gasteiger partial charge in [-0.3, -0.25) is 9.59 Å². The zero-order chi connectivity index (χ0) is 14.7. The molecule has 5 heteroatoms. The maximum absolute atomic E-state index is 12.5. The normalized spacial score (nSPS) is 31.5. The molecule has 1 saturated heterocycles. The molecule has 0 bridgehead atoms. The summed E-state index contributed by atoms with van der Waals surface area (Å²) in [6.07, 6.45) is 3.31. The summed E-state index contributed by atoms with van der Waals surface area (Å²) >= 11 is 0. The van der Waals surface area contributed by atoms with Crippen molar-refractivity contribution in [2.75, 3.05) is 19.7 Å². The van der Waals surface area contributed by atoms with Gasteiger partial charge in [-0.2, -0.15) is 0 Å². The summed E-state index contributed by atoms with van der Waals surface area (Å²) in [4.78, 5) is 25.7. The van der Waals surface area contributed by atoms with Crippen molar-refractivity contribution in [2.24, 2.45) is 17.8 Å². The molecule has 2 rings (SSSR count). The third kappa shape index (κ3) is 3.32. The summed E-state index contributed by atoms with van der Waals surface area (Å²) in [7, 11) is 0. The van der Waals surface area contributed by atoms with Gasteiger partial charge in [0.05, 0.1) is 17.9 Å². The number of carboxylic acids is 1. The fourth-order valence-electron chi connectivity index (χ4n) is 3.55. The molecule has 0 aromatic rings. The third-order valence-corrected chi connectivity index (χ3v) is 4.59. The molecule has 2 aliphatic rings. The van der Waals surface area contributed by atoms with E-state index in [0.29, 0.717) is 38.5 Å². The van der Waals surface area contributed by atoms with E-state index >= 15 is 0 Å². The van der Waals surface area contributed by atoms with Crippen LogP contribution in [0.2, 0.25) is 0 Å². The minimum absolute atomic E-state index is 0.0386. The number of carbonyl (C=O) groups excluding carboxylic acids is 1. The van der Waals surface area contributed by atoms with Crippen LogP contribution in [0.25, 0.3) is 0 Å². The van der Waals surface area contributed by atoms with Crippen LogP contribution < -0.4 is 0 Å². The van der Waals surface area contributed by atoms with E-state index in [2.05, 4.69) is 0 Å². The average Bonchev–Trinajstić information content (AvgIpc) is 2.81. The number of carbonyl (C=O) groups is 2. The van der Waals surface area contributed by atoms with E-state index in [1.807, 2.05) is 18.7 Å². The van der Waals surface area contributed by atoms with Gasteiger partial charge in [-0.1, -0.05) is 6.92 Å². The molecular formula is C15H25NO4.